The molecule has 18 heavy (non-hydrogen) atoms. The van der Waals surface area contributed by atoms with Gasteiger partial charge in [0, 0.05) is 24.7 Å². The predicted octanol–water partition coefficient (Wildman–Crippen LogP) is 2.48. The number of carbonyl (C=O) groups excluding carboxylic acids is 1. The molecular weight excluding hydrogens is 224 g/mol. The van der Waals surface area contributed by atoms with Crippen LogP contribution in [0.15, 0.2) is 24.3 Å². The molecule has 1 aromatic carbocycles. The van der Waals surface area contributed by atoms with Crippen molar-refractivity contribution in [1.82, 2.24) is 0 Å². The highest BCUT2D eigenvalue weighted by Crippen LogP contribution is 2.27. The molecule has 2 unspecified atom stereocenters. The van der Waals surface area contributed by atoms with Gasteiger partial charge in [0.25, 0.3) is 0 Å². The smallest absolute Gasteiger partial charge is 0.229 e. The monoisotopic (exact) mass is 246 g/mol. The predicted molar refractivity (Wildman–Crippen MR) is 74.5 cm³/mol. The molecule has 2 atom stereocenters. The number of hydrogen-bond acceptors (Lipinski definition) is 2. The third-order valence-electron chi connectivity index (χ3n) is 3.87. The minimum atomic E-state index is 0.0957. The third kappa shape index (κ3) is 2.72. The summed E-state index contributed by atoms with van der Waals surface area (Å²) in [7, 11) is 1.87. The highest BCUT2D eigenvalue weighted by atomic mass is 16.2. The molecule has 1 amide bonds. The number of rotatable bonds is 2. The summed E-state index contributed by atoms with van der Waals surface area (Å²) in [4.78, 5) is 14.3. The van der Waals surface area contributed by atoms with Gasteiger partial charge in [-0.2, -0.15) is 0 Å². The maximum Gasteiger partial charge on any atom is 0.229 e. The van der Waals surface area contributed by atoms with Crippen LogP contribution in [0.3, 0.4) is 0 Å². The molecule has 0 heterocycles. The summed E-state index contributed by atoms with van der Waals surface area (Å²) in [6, 6.07) is 8.19. The van der Waals surface area contributed by atoms with Crippen LogP contribution in [0.2, 0.25) is 0 Å². The van der Waals surface area contributed by atoms with Gasteiger partial charge in [-0.15, -0.1) is 0 Å². The molecule has 0 aromatic heterocycles. The Morgan fingerprint density at radius 3 is 2.72 bits per heavy atom. The van der Waals surface area contributed by atoms with Crippen LogP contribution >= 0.6 is 0 Å². The van der Waals surface area contributed by atoms with Gasteiger partial charge < -0.3 is 10.6 Å². The SMILES string of the molecule is Cc1ccccc1N(C)C(=O)C1CCCC(N)C1. The molecule has 0 aliphatic heterocycles. The van der Waals surface area contributed by atoms with Crippen LogP contribution in [-0.2, 0) is 4.79 Å². The number of nitrogens with zero attached hydrogens (tertiary/aromatic N) is 1. The van der Waals surface area contributed by atoms with Gasteiger partial charge in [-0.25, -0.2) is 0 Å². The summed E-state index contributed by atoms with van der Waals surface area (Å²) in [5.74, 6) is 0.304. The van der Waals surface area contributed by atoms with Crippen LogP contribution in [-0.4, -0.2) is 19.0 Å². The van der Waals surface area contributed by atoms with Crippen LogP contribution in [0.1, 0.15) is 31.2 Å². The molecule has 0 saturated heterocycles. The zero-order valence-corrected chi connectivity index (χ0v) is 11.2. The minimum Gasteiger partial charge on any atom is -0.328 e. The molecule has 1 aliphatic rings. The Balaban J connectivity index is 2.11. The molecule has 1 fully saturated rings. The first-order valence-corrected chi connectivity index (χ1v) is 6.68. The number of carbonyl (C=O) groups is 1. The lowest BCUT2D eigenvalue weighted by Crippen LogP contribution is -2.39. The Hall–Kier alpha value is -1.35. The number of anilines is 1. The van der Waals surface area contributed by atoms with Crippen molar-refractivity contribution in [3.05, 3.63) is 29.8 Å². The van der Waals surface area contributed by atoms with Crippen molar-refractivity contribution < 1.29 is 4.79 Å². The summed E-state index contributed by atoms with van der Waals surface area (Å²) in [5.41, 5.74) is 8.10. The van der Waals surface area contributed by atoms with Gasteiger partial charge in [-0.3, -0.25) is 4.79 Å². The van der Waals surface area contributed by atoms with E-state index >= 15 is 0 Å². The molecule has 3 nitrogen and oxygen atoms in total. The molecule has 3 heteroatoms. The fourth-order valence-electron chi connectivity index (χ4n) is 2.78. The Morgan fingerprint density at radius 2 is 2.06 bits per heavy atom. The Labute approximate surface area is 109 Å². The average Bonchev–Trinajstić information content (AvgIpc) is 2.37. The lowest BCUT2D eigenvalue weighted by molar-refractivity contribution is -0.123. The maximum atomic E-state index is 12.5. The molecule has 0 bridgehead atoms. The fraction of sp³-hybridized carbons (Fsp3) is 0.533. The Morgan fingerprint density at radius 1 is 1.33 bits per heavy atom. The van der Waals surface area contributed by atoms with Crippen LogP contribution in [0.5, 0.6) is 0 Å². The number of nitrogens with two attached hydrogens (primary N) is 1. The Kier molecular flexibility index (Phi) is 4.02. The van der Waals surface area contributed by atoms with E-state index < -0.39 is 0 Å². The molecular formula is C15H22N2O. The molecule has 1 aliphatic carbocycles. The average molecular weight is 246 g/mol. The zero-order valence-electron chi connectivity index (χ0n) is 11.2. The van der Waals surface area contributed by atoms with Crippen molar-refractivity contribution in [3.8, 4) is 0 Å². The van der Waals surface area contributed by atoms with E-state index in [9.17, 15) is 4.79 Å². The molecule has 0 spiro atoms. The first kappa shape index (κ1) is 13.1. The maximum absolute atomic E-state index is 12.5. The normalized spacial score (nSPS) is 23.7. The summed E-state index contributed by atoms with van der Waals surface area (Å²) in [5, 5.41) is 0. The number of hydrogen-bond donors (Lipinski definition) is 1. The summed E-state index contributed by atoms with van der Waals surface area (Å²) < 4.78 is 0. The van der Waals surface area contributed by atoms with Crippen molar-refractivity contribution in [3.63, 3.8) is 0 Å². The van der Waals surface area contributed by atoms with Crippen molar-refractivity contribution in [2.75, 3.05) is 11.9 Å². The number of amides is 1. The van der Waals surface area contributed by atoms with E-state index in [0.717, 1.165) is 36.9 Å². The first-order chi connectivity index (χ1) is 8.59. The second-order valence-electron chi connectivity index (χ2n) is 5.31. The third-order valence-corrected chi connectivity index (χ3v) is 3.87. The van der Waals surface area contributed by atoms with E-state index in [1.54, 1.807) is 4.90 Å². The van der Waals surface area contributed by atoms with Crippen LogP contribution in [0.25, 0.3) is 0 Å². The van der Waals surface area contributed by atoms with E-state index in [4.69, 9.17) is 5.73 Å². The summed E-state index contributed by atoms with van der Waals surface area (Å²) in [6.45, 7) is 2.03. The first-order valence-electron chi connectivity index (χ1n) is 6.68. The van der Waals surface area contributed by atoms with E-state index in [1.807, 2.05) is 38.2 Å². The fourth-order valence-corrected chi connectivity index (χ4v) is 2.78. The number of para-hydroxylation sites is 1. The van der Waals surface area contributed by atoms with Crippen molar-refractivity contribution in [1.29, 1.82) is 0 Å². The van der Waals surface area contributed by atoms with Crippen molar-refractivity contribution >= 4 is 11.6 Å². The van der Waals surface area contributed by atoms with Gasteiger partial charge in [0.2, 0.25) is 5.91 Å². The zero-order chi connectivity index (χ0) is 13.1. The lowest BCUT2D eigenvalue weighted by Gasteiger charge is -2.30. The second-order valence-corrected chi connectivity index (χ2v) is 5.31. The number of aryl methyl sites for hydroxylation is 1. The molecule has 0 radical (unpaired) electrons. The van der Waals surface area contributed by atoms with Gasteiger partial charge in [0.15, 0.2) is 0 Å². The van der Waals surface area contributed by atoms with Gasteiger partial charge in [-0.1, -0.05) is 24.6 Å². The van der Waals surface area contributed by atoms with Crippen molar-refractivity contribution in [2.45, 2.75) is 38.6 Å². The highest BCUT2D eigenvalue weighted by Gasteiger charge is 2.28. The standard InChI is InChI=1S/C15H22N2O/c1-11-6-3-4-9-14(11)17(2)15(18)12-7-5-8-13(16)10-12/h3-4,6,9,12-13H,5,7-8,10,16H2,1-2H3. The highest BCUT2D eigenvalue weighted by molar-refractivity contribution is 5.95. The topological polar surface area (TPSA) is 46.3 Å². The quantitative estimate of drug-likeness (QED) is 0.871. The molecule has 1 saturated carbocycles. The molecule has 2 N–H and O–H groups in total. The van der Waals surface area contributed by atoms with Gasteiger partial charge in [0.05, 0.1) is 0 Å². The second kappa shape index (κ2) is 5.53. The summed E-state index contributed by atoms with van der Waals surface area (Å²) in [6.07, 6.45) is 3.93. The van der Waals surface area contributed by atoms with Gasteiger partial charge >= 0.3 is 0 Å². The Bertz CT molecular complexity index is 430. The van der Waals surface area contributed by atoms with E-state index in [0.29, 0.717) is 0 Å². The van der Waals surface area contributed by atoms with Crippen LogP contribution in [0.4, 0.5) is 5.69 Å². The van der Waals surface area contributed by atoms with E-state index in [2.05, 4.69) is 0 Å². The lowest BCUT2D eigenvalue weighted by atomic mass is 9.85. The van der Waals surface area contributed by atoms with Gasteiger partial charge in [-0.05, 0) is 37.8 Å². The molecule has 1 aromatic rings. The number of benzene rings is 1. The van der Waals surface area contributed by atoms with Crippen molar-refractivity contribution in [2.24, 2.45) is 11.7 Å². The van der Waals surface area contributed by atoms with E-state index in [1.165, 1.54) is 0 Å². The largest absolute Gasteiger partial charge is 0.328 e. The van der Waals surface area contributed by atoms with Gasteiger partial charge in [0.1, 0.15) is 0 Å². The summed E-state index contributed by atoms with van der Waals surface area (Å²) >= 11 is 0. The van der Waals surface area contributed by atoms with E-state index in [-0.39, 0.29) is 17.9 Å². The molecule has 2 rings (SSSR count). The molecule has 98 valence electrons. The van der Waals surface area contributed by atoms with Crippen LogP contribution in [0, 0.1) is 12.8 Å². The minimum absolute atomic E-state index is 0.0957. The van der Waals surface area contributed by atoms with Crippen LogP contribution < -0.4 is 10.6 Å².